The number of phenols is 3. The van der Waals surface area contributed by atoms with Crippen molar-refractivity contribution >= 4 is 97.8 Å². The molecule has 2 fully saturated rings. The van der Waals surface area contributed by atoms with Crippen LogP contribution in [0.2, 0.25) is 10.0 Å². The van der Waals surface area contributed by atoms with Crippen LogP contribution in [0.5, 0.6) is 46.0 Å². The summed E-state index contributed by atoms with van der Waals surface area (Å²) in [6, 6.07) is -0.679. The Hall–Kier alpha value is -8.28. The number of amides is 7. The van der Waals surface area contributed by atoms with Crippen LogP contribution in [0.25, 0.3) is 11.1 Å². The average Bonchev–Trinajstić information content (AvgIpc) is 0.773. The third kappa shape index (κ3) is 16.5. The van der Waals surface area contributed by atoms with Gasteiger partial charge in [0.25, 0.3) is 0 Å². The number of nitrogens with two attached hydrogens (primary N) is 2. The summed E-state index contributed by atoms with van der Waals surface area (Å²) in [5.41, 5.74) is 8.00. The van der Waals surface area contributed by atoms with Gasteiger partial charge in [-0.05, 0) is 110 Å². The number of likely N-dealkylation sites (N-methyl/N-ethyl adjacent to an activating group) is 1. The molecule has 542 valence electrons. The number of halogens is 2. The van der Waals surface area contributed by atoms with Gasteiger partial charge in [0.2, 0.25) is 53.4 Å². The molecule has 0 saturated carbocycles. The smallest absolute Gasteiger partial charge is 0.508 e. The molecule has 18 atom stereocenters. The Balaban J connectivity index is 0.0000121. The van der Waals surface area contributed by atoms with E-state index < -0.39 is 237 Å². The molecular formula is C66H75Cl2N9O24Pb+4. The van der Waals surface area contributed by atoms with Crippen LogP contribution < -0.4 is 62.9 Å². The zero-order valence-corrected chi connectivity index (χ0v) is 60.2. The van der Waals surface area contributed by atoms with Crippen molar-refractivity contribution in [2.45, 2.75) is 156 Å². The number of hydrogen-bond acceptors (Lipinski definition) is 25. The number of phenolic OH excluding ortho intramolecular Hbond substituents is 3. The largest absolute Gasteiger partial charge is 4.00 e. The molecule has 1 unspecified atom stereocenters. The number of hydrogen-bond donors (Lipinski definition) is 19. The number of aromatic hydroxyl groups is 3. The molecule has 7 aliphatic heterocycles. The number of ether oxygens (including phenoxy) is 6. The molecule has 2 saturated heterocycles. The van der Waals surface area contributed by atoms with Crippen molar-refractivity contribution < 1.29 is 118 Å². The van der Waals surface area contributed by atoms with E-state index >= 15 is 14.4 Å². The Morgan fingerprint density at radius 3 is 1.89 bits per heavy atom. The molecule has 7 amide bonds. The number of aliphatic hydroxyl groups excluding tert-OH is 6. The number of nitrogens with one attached hydrogen (secondary N) is 7. The van der Waals surface area contributed by atoms with Gasteiger partial charge in [-0.15, -0.1) is 0 Å². The first kappa shape index (κ1) is 77.9. The number of fused-ring (bicyclic) bond motifs is 15. The van der Waals surface area contributed by atoms with Crippen molar-refractivity contribution in [1.29, 1.82) is 0 Å². The summed E-state index contributed by atoms with van der Waals surface area (Å²) < 4.78 is 38.3. The molecule has 0 aromatic heterocycles. The summed E-state index contributed by atoms with van der Waals surface area (Å²) in [6.45, 7) is 5.66. The summed E-state index contributed by atoms with van der Waals surface area (Å²) in [5.74, 6) is -16.0. The maximum absolute atomic E-state index is 16.0. The van der Waals surface area contributed by atoms with E-state index in [1.165, 1.54) is 33.0 Å². The van der Waals surface area contributed by atoms with Gasteiger partial charge in [-0.3, -0.25) is 33.6 Å². The van der Waals surface area contributed by atoms with E-state index in [0.29, 0.717) is 0 Å². The summed E-state index contributed by atoms with van der Waals surface area (Å²) in [6.07, 6.45) is -18.6. The average molecular weight is 1660 g/mol. The van der Waals surface area contributed by atoms with Crippen molar-refractivity contribution in [2.24, 2.45) is 17.4 Å². The van der Waals surface area contributed by atoms with E-state index in [1.54, 1.807) is 0 Å². The van der Waals surface area contributed by atoms with Crippen LogP contribution in [-0.2, 0) is 52.6 Å². The fraction of sp³-hybridized carbons (Fsp3) is 0.424. The number of benzene rings is 5. The molecule has 7 aliphatic rings. The van der Waals surface area contributed by atoms with Gasteiger partial charge in [-0.1, -0.05) is 55.2 Å². The number of carbonyl (C=O) groups is 8. The van der Waals surface area contributed by atoms with E-state index in [4.69, 9.17) is 63.1 Å². The second-order valence-electron chi connectivity index (χ2n) is 25.7. The normalized spacial score (nSPS) is 29.1. The monoisotopic (exact) mass is 1660 g/mol. The van der Waals surface area contributed by atoms with Crippen molar-refractivity contribution in [3.05, 3.63) is 117 Å². The summed E-state index contributed by atoms with van der Waals surface area (Å²) in [5, 5.41) is 131. The van der Waals surface area contributed by atoms with Gasteiger partial charge in [0.1, 0.15) is 89.5 Å². The molecule has 12 rings (SSSR count). The number of carboxylic acids is 1. The minimum atomic E-state index is -2.35. The topological polar surface area (TPSA) is 530 Å². The molecular weight excluding hydrogens is 1580 g/mol. The molecule has 0 aliphatic carbocycles. The van der Waals surface area contributed by atoms with Gasteiger partial charge in [0, 0.05) is 34.7 Å². The fourth-order valence-corrected chi connectivity index (χ4v) is 12.9. The number of aliphatic carboxylic acids is 1. The van der Waals surface area contributed by atoms with Crippen LogP contribution in [-0.4, -0.2) is 218 Å². The van der Waals surface area contributed by atoms with Crippen LogP contribution in [0.15, 0.2) is 78.9 Å². The van der Waals surface area contributed by atoms with Gasteiger partial charge in [-0.2, -0.15) is 0 Å². The van der Waals surface area contributed by atoms with Crippen LogP contribution in [0, 0.1) is 5.92 Å². The number of carboxylic acid groups (broad SMARTS) is 1. The predicted octanol–water partition coefficient (Wildman–Crippen LogP) is -0.275. The molecule has 5 aromatic rings. The standard InChI is InChI=1S/C66H75Cl2N9O24.Pb/c1-23(2)12-34(71-5)58(88)76-49-51(83)26-7-10-38(32(67)14-26)97-40-16-28-17-41(55(40)101-65-56(54(86)53(85)42(22-78)99-65)100-44-21-66(4,70)57(87)24(3)96-44)98-39-11-8-27(15-33(39)68)52(84)50-63(93)75-48(64(94)95)31-18-29(79)19-37(81)45(31)30-13-25(6-9-36(30)80)46(60(90)77-50)74-61(91)47(28)73-59(89)35(20-43(69)82)72-62(49)92;/h6-11,13-19,23-24,34-35,42,44,46-54,56-57,65,71,78-81,83-87H,12,20-22,70H2,1-5H3,(H2,69,82)(H,72,92)(H,73,89)(H,74,91)(H,75,93)(H,76,88)(H,77,90)(H,94,95);/q;+4/t24-,34+,35-,42+,44-,46+,47+,48+,49+,50-,51+,52+,53+,54-,56+,57?,65-,66-;/m0./s1. The number of primary amides is 1. The van der Waals surface area contributed by atoms with Gasteiger partial charge in [0.15, 0.2) is 29.9 Å². The Morgan fingerprint density at radius 1 is 0.716 bits per heavy atom. The SMILES string of the molecule is CN[C@H](CC(C)C)C(=O)N[C@H]1C(=O)N[C@@H](CC(N)=O)C(=O)N[C@H]2C(=O)N[C@H]3C(=O)N[C@H](C(=O)N[C@@H](C(=O)O)c4cc(O)cc(O)c4-c4cc3ccc4O)[C@H](O)c3ccc(c(Cl)c3)Oc3cc2cc(c3O[C@@H]2O[C@H](CO)[C@@H](O)[C@H](O)[C@H]2O[C@H]2C[C@](C)(N)C(O)[C@H](C)O2)Oc2ccc(cc2Cl)[C@H]1O.[Pb+4]. The maximum atomic E-state index is 16.0. The van der Waals surface area contributed by atoms with E-state index in [-0.39, 0.29) is 73.5 Å². The number of rotatable bonds is 13. The molecule has 0 radical (unpaired) electrons. The molecule has 5 aromatic carbocycles. The molecule has 11 bridgehead atoms. The van der Waals surface area contributed by atoms with Crippen LogP contribution in [0.3, 0.4) is 0 Å². The first-order valence-electron chi connectivity index (χ1n) is 31.6. The second kappa shape index (κ2) is 31.8. The van der Waals surface area contributed by atoms with Crippen molar-refractivity contribution in [3.8, 4) is 57.1 Å². The first-order chi connectivity index (χ1) is 47.7. The van der Waals surface area contributed by atoms with Crippen molar-refractivity contribution in [2.75, 3.05) is 13.7 Å². The third-order valence-electron chi connectivity index (χ3n) is 17.8. The van der Waals surface area contributed by atoms with Gasteiger partial charge in [-0.25, -0.2) is 4.79 Å². The number of carbonyl (C=O) groups excluding carboxylic acids is 7. The molecule has 0 spiro atoms. The fourth-order valence-electron chi connectivity index (χ4n) is 12.5. The zero-order chi connectivity index (χ0) is 73.5. The van der Waals surface area contributed by atoms with Crippen LogP contribution in [0.4, 0.5) is 0 Å². The van der Waals surface area contributed by atoms with Crippen LogP contribution in [0.1, 0.15) is 105 Å². The zero-order valence-electron chi connectivity index (χ0n) is 54.8. The minimum absolute atomic E-state index is 0. The van der Waals surface area contributed by atoms with E-state index in [9.17, 15) is 75.0 Å². The van der Waals surface area contributed by atoms with Crippen LogP contribution >= 0.6 is 23.2 Å². The molecule has 36 heteroatoms. The second-order valence-corrected chi connectivity index (χ2v) is 26.5. The van der Waals surface area contributed by atoms with Gasteiger partial charge in [0.05, 0.1) is 41.3 Å². The third-order valence-corrected chi connectivity index (χ3v) is 18.4. The minimum Gasteiger partial charge on any atom is -0.508 e. The Morgan fingerprint density at radius 2 is 1.31 bits per heavy atom. The van der Waals surface area contributed by atoms with E-state index in [0.717, 1.165) is 66.7 Å². The summed E-state index contributed by atoms with van der Waals surface area (Å²) in [7, 11) is 1.47. The van der Waals surface area contributed by atoms with Crippen molar-refractivity contribution in [3.63, 3.8) is 0 Å². The molecule has 7 heterocycles. The molecule has 102 heavy (non-hydrogen) atoms. The number of aliphatic hydroxyl groups is 6. The summed E-state index contributed by atoms with van der Waals surface area (Å²) in [4.78, 5) is 117. The predicted molar refractivity (Wildman–Crippen MR) is 355 cm³/mol. The molecule has 33 nitrogen and oxygen atoms in total. The van der Waals surface area contributed by atoms with Crippen molar-refractivity contribution in [1.82, 2.24) is 37.2 Å². The Kier molecular flexibility index (Phi) is 24.2. The molecule has 21 N–H and O–H groups in total. The Labute approximate surface area is 610 Å². The van der Waals surface area contributed by atoms with E-state index in [1.807, 2.05) is 13.8 Å². The Bertz CT molecular complexity index is 4080. The quantitative estimate of drug-likeness (QED) is 0.0674. The van der Waals surface area contributed by atoms with Gasteiger partial charge < -0.3 is 128 Å². The first-order valence-corrected chi connectivity index (χ1v) is 32.4. The van der Waals surface area contributed by atoms with E-state index in [2.05, 4.69) is 37.2 Å². The summed E-state index contributed by atoms with van der Waals surface area (Å²) >= 11 is 14.1. The van der Waals surface area contributed by atoms with Gasteiger partial charge >= 0.3 is 33.3 Å². The maximum Gasteiger partial charge on any atom is 4.00 e.